The molecule has 1 unspecified atom stereocenters. The highest BCUT2D eigenvalue weighted by Gasteiger charge is 2.45. The molecule has 0 spiro atoms. The molecule has 1 saturated heterocycles. The molecule has 2 aliphatic rings. The zero-order chi connectivity index (χ0) is 13.0. The first-order valence-electron chi connectivity index (χ1n) is 6.78. The van der Waals surface area contributed by atoms with E-state index in [0.29, 0.717) is 12.2 Å². The summed E-state index contributed by atoms with van der Waals surface area (Å²) in [6.07, 6.45) is 5.05. The van der Waals surface area contributed by atoms with Gasteiger partial charge >= 0.3 is 5.97 Å². The molecule has 4 nitrogen and oxygen atoms in total. The average Bonchev–Trinajstić information content (AvgIpc) is 2.91. The summed E-state index contributed by atoms with van der Waals surface area (Å²) >= 11 is 0. The summed E-state index contributed by atoms with van der Waals surface area (Å²) in [7, 11) is 0.629. The van der Waals surface area contributed by atoms with Gasteiger partial charge in [-0.2, -0.15) is 0 Å². The van der Waals surface area contributed by atoms with Crippen LogP contribution in [-0.4, -0.2) is 53.3 Å². The monoisotopic (exact) mass is 273 g/mol. The SMILES string of the molecule is COC(=O)CC1(CS(=O)CCN2CCCC2)CC1. The van der Waals surface area contributed by atoms with Crippen LogP contribution in [0.3, 0.4) is 0 Å². The van der Waals surface area contributed by atoms with E-state index < -0.39 is 10.8 Å². The van der Waals surface area contributed by atoms with Gasteiger partial charge in [0, 0.05) is 28.9 Å². The molecule has 0 radical (unpaired) electrons. The van der Waals surface area contributed by atoms with Gasteiger partial charge in [0.15, 0.2) is 0 Å². The maximum Gasteiger partial charge on any atom is 0.306 e. The van der Waals surface area contributed by atoms with Gasteiger partial charge in [-0.25, -0.2) is 0 Å². The number of carbonyl (C=O) groups excluding carboxylic acids is 1. The molecule has 0 aromatic rings. The number of likely N-dealkylation sites (tertiary alicyclic amines) is 1. The fourth-order valence-electron chi connectivity index (χ4n) is 2.58. The first kappa shape index (κ1) is 14.0. The second-order valence-electron chi connectivity index (χ2n) is 5.59. The lowest BCUT2D eigenvalue weighted by molar-refractivity contribution is -0.141. The smallest absolute Gasteiger partial charge is 0.306 e. The van der Waals surface area contributed by atoms with Crippen LogP contribution in [0.4, 0.5) is 0 Å². The third-order valence-corrected chi connectivity index (χ3v) is 5.58. The van der Waals surface area contributed by atoms with Crippen molar-refractivity contribution in [1.82, 2.24) is 4.90 Å². The van der Waals surface area contributed by atoms with Gasteiger partial charge in [-0.3, -0.25) is 9.00 Å². The molecule has 18 heavy (non-hydrogen) atoms. The Morgan fingerprint density at radius 3 is 2.56 bits per heavy atom. The zero-order valence-corrected chi connectivity index (χ0v) is 12.0. The fourth-order valence-corrected chi connectivity index (χ4v) is 4.26. The standard InChI is InChI=1S/C13H23NO3S/c1-17-12(15)10-13(4-5-13)11-18(16)9-8-14-6-2-3-7-14/h2-11H2,1H3. The molecule has 1 saturated carbocycles. The fraction of sp³-hybridized carbons (Fsp3) is 0.923. The number of nitrogens with zero attached hydrogens (tertiary/aromatic N) is 1. The maximum atomic E-state index is 12.1. The van der Waals surface area contributed by atoms with E-state index in [0.717, 1.165) is 38.2 Å². The quantitative estimate of drug-likeness (QED) is 0.653. The number of rotatable bonds is 7. The van der Waals surface area contributed by atoms with Gasteiger partial charge in [-0.1, -0.05) is 0 Å². The molecule has 1 aliphatic heterocycles. The molecule has 0 aromatic heterocycles. The number of ether oxygens (including phenoxy) is 1. The molecule has 2 rings (SSSR count). The lowest BCUT2D eigenvalue weighted by atomic mass is 10.1. The second kappa shape index (κ2) is 6.15. The van der Waals surface area contributed by atoms with E-state index in [1.165, 1.54) is 20.0 Å². The van der Waals surface area contributed by atoms with E-state index >= 15 is 0 Å². The molecular formula is C13H23NO3S. The highest BCUT2D eigenvalue weighted by Crippen LogP contribution is 2.49. The minimum Gasteiger partial charge on any atom is -0.469 e. The topological polar surface area (TPSA) is 46.6 Å². The molecule has 0 N–H and O–H groups in total. The Hall–Kier alpha value is -0.420. The van der Waals surface area contributed by atoms with Gasteiger partial charge in [0.05, 0.1) is 13.5 Å². The van der Waals surface area contributed by atoms with Crippen molar-refractivity contribution in [2.75, 3.05) is 38.2 Å². The van der Waals surface area contributed by atoms with Crippen molar-refractivity contribution in [3.63, 3.8) is 0 Å². The Balaban J connectivity index is 1.68. The second-order valence-corrected chi connectivity index (χ2v) is 7.17. The molecule has 1 heterocycles. The van der Waals surface area contributed by atoms with Gasteiger partial charge in [-0.05, 0) is 44.2 Å². The van der Waals surface area contributed by atoms with Crippen molar-refractivity contribution in [3.05, 3.63) is 0 Å². The number of hydrogen-bond donors (Lipinski definition) is 0. The van der Waals surface area contributed by atoms with E-state index in [4.69, 9.17) is 4.74 Å². The summed E-state index contributed by atoms with van der Waals surface area (Å²) in [5.74, 6) is 1.27. The Morgan fingerprint density at radius 2 is 2.00 bits per heavy atom. The molecular weight excluding hydrogens is 250 g/mol. The minimum absolute atomic E-state index is 0.00294. The van der Waals surface area contributed by atoms with Crippen LogP contribution in [0, 0.1) is 5.41 Å². The predicted molar refractivity (Wildman–Crippen MR) is 71.9 cm³/mol. The van der Waals surface area contributed by atoms with Crippen LogP contribution in [0.2, 0.25) is 0 Å². The number of carbonyl (C=O) groups is 1. The average molecular weight is 273 g/mol. The van der Waals surface area contributed by atoms with Crippen molar-refractivity contribution in [2.24, 2.45) is 5.41 Å². The molecule has 5 heteroatoms. The molecule has 0 aromatic carbocycles. The van der Waals surface area contributed by atoms with Crippen LogP contribution in [0.15, 0.2) is 0 Å². The Bertz CT molecular complexity index is 322. The van der Waals surface area contributed by atoms with Crippen molar-refractivity contribution in [3.8, 4) is 0 Å². The van der Waals surface area contributed by atoms with Crippen LogP contribution in [0.1, 0.15) is 32.1 Å². The van der Waals surface area contributed by atoms with Crippen molar-refractivity contribution in [1.29, 1.82) is 0 Å². The van der Waals surface area contributed by atoms with Gasteiger partial charge in [0.1, 0.15) is 0 Å². The lowest BCUT2D eigenvalue weighted by Crippen LogP contribution is -2.27. The first-order valence-corrected chi connectivity index (χ1v) is 8.26. The Kier molecular flexibility index (Phi) is 4.78. The Labute approximate surface area is 112 Å². The van der Waals surface area contributed by atoms with Gasteiger partial charge in [0.2, 0.25) is 0 Å². The third kappa shape index (κ3) is 4.05. The van der Waals surface area contributed by atoms with Gasteiger partial charge in [-0.15, -0.1) is 0 Å². The Morgan fingerprint density at radius 1 is 1.33 bits per heavy atom. The zero-order valence-electron chi connectivity index (χ0n) is 11.2. The third-order valence-electron chi connectivity index (χ3n) is 4.01. The van der Waals surface area contributed by atoms with Crippen molar-refractivity contribution >= 4 is 16.8 Å². The summed E-state index contributed by atoms with van der Waals surface area (Å²) in [5, 5.41) is 0. The van der Waals surface area contributed by atoms with E-state index in [9.17, 15) is 9.00 Å². The van der Waals surface area contributed by atoms with E-state index in [2.05, 4.69) is 4.90 Å². The highest BCUT2D eigenvalue weighted by atomic mass is 32.2. The maximum absolute atomic E-state index is 12.1. The normalized spacial score (nSPS) is 23.8. The van der Waals surface area contributed by atoms with E-state index in [1.54, 1.807) is 0 Å². The van der Waals surface area contributed by atoms with Crippen LogP contribution in [0.25, 0.3) is 0 Å². The van der Waals surface area contributed by atoms with Crippen LogP contribution >= 0.6 is 0 Å². The summed E-state index contributed by atoms with van der Waals surface area (Å²) < 4.78 is 16.8. The number of hydrogen-bond acceptors (Lipinski definition) is 4. The van der Waals surface area contributed by atoms with Gasteiger partial charge < -0.3 is 9.64 Å². The predicted octanol–water partition coefficient (Wildman–Crippen LogP) is 1.17. The van der Waals surface area contributed by atoms with Gasteiger partial charge in [0.25, 0.3) is 0 Å². The molecule has 0 bridgehead atoms. The summed E-state index contributed by atoms with van der Waals surface area (Å²) in [4.78, 5) is 13.7. The molecule has 0 amide bonds. The van der Waals surface area contributed by atoms with Crippen molar-refractivity contribution in [2.45, 2.75) is 32.1 Å². The van der Waals surface area contributed by atoms with Crippen molar-refractivity contribution < 1.29 is 13.7 Å². The van der Waals surface area contributed by atoms with E-state index in [-0.39, 0.29) is 11.4 Å². The van der Waals surface area contributed by atoms with Crippen LogP contribution < -0.4 is 0 Å². The molecule has 104 valence electrons. The minimum atomic E-state index is -0.791. The number of esters is 1. The molecule has 1 atom stereocenters. The first-order chi connectivity index (χ1) is 8.63. The lowest BCUT2D eigenvalue weighted by Gasteiger charge is -2.16. The summed E-state index contributed by atoms with van der Waals surface area (Å²) in [6.45, 7) is 3.26. The van der Waals surface area contributed by atoms with E-state index in [1.807, 2.05) is 0 Å². The highest BCUT2D eigenvalue weighted by molar-refractivity contribution is 7.85. The van der Waals surface area contributed by atoms with Crippen LogP contribution in [-0.2, 0) is 20.3 Å². The molecule has 1 aliphatic carbocycles. The van der Waals surface area contributed by atoms with Crippen LogP contribution in [0.5, 0.6) is 0 Å². The number of methoxy groups -OCH3 is 1. The largest absolute Gasteiger partial charge is 0.469 e. The summed E-state index contributed by atoms with van der Waals surface area (Å²) in [5.41, 5.74) is 0.00294. The molecule has 2 fully saturated rings. The summed E-state index contributed by atoms with van der Waals surface area (Å²) in [6, 6.07) is 0.